The number of nitrogens with one attached hydrogen (secondary N) is 2. The maximum absolute atomic E-state index is 5.49. The van der Waals surface area contributed by atoms with Gasteiger partial charge in [0.1, 0.15) is 5.75 Å². The van der Waals surface area contributed by atoms with E-state index in [0.717, 1.165) is 35.1 Å². The maximum atomic E-state index is 5.49. The molecule has 0 radical (unpaired) electrons. The van der Waals surface area contributed by atoms with Gasteiger partial charge in [-0.25, -0.2) is 0 Å². The molecule has 7 heteroatoms. The van der Waals surface area contributed by atoms with Crippen molar-refractivity contribution in [2.24, 2.45) is 4.99 Å². The summed E-state index contributed by atoms with van der Waals surface area (Å²) in [6.07, 6.45) is 4.31. The number of nitrogens with zero attached hydrogens (tertiary/aromatic N) is 2. The highest BCUT2D eigenvalue weighted by Crippen LogP contribution is 2.51. The van der Waals surface area contributed by atoms with Gasteiger partial charge in [0.25, 0.3) is 0 Å². The lowest BCUT2D eigenvalue weighted by Gasteiger charge is -2.19. The molecule has 5 nitrogen and oxygen atoms in total. The minimum atomic E-state index is 0. The van der Waals surface area contributed by atoms with Gasteiger partial charge in [-0.3, -0.25) is 9.98 Å². The highest BCUT2D eigenvalue weighted by Gasteiger charge is 2.43. The van der Waals surface area contributed by atoms with Gasteiger partial charge in [-0.15, -0.1) is 35.7 Å². The number of hydrogen-bond donors (Lipinski definition) is 2. The third-order valence-electron chi connectivity index (χ3n) is 4.86. The van der Waals surface area contributed by atoms with Crippen LogP contribution in [0.4, 0.5) is 0 Å². The van der Waals surface area contributed by atoms with Crippen molar-refractivity contribution in [2.75, 3.05) is 20.7 Å². The Labute approximate surface area is 189 Å². The molecule has 1 fully saturated rings. The summed E-state index contributed by atoms with van der Waals surface area (Å²) in [6, 6.07) is 10.6. The smallest absolute Gasteiger partial charge is 0.191 e. The Bertz CT molecular complexity index is 810. The SMILES string of the molecule is CN=C(NCc1ncc(C)c(OC)c1C)NCC1(Sc2ccccc2)CC1.I. The number of hydrogen-bond acceptors (Lipinski definition) is 4. The van der Waals surface area contributed by atoms with Gasteiger partial charge in [0.15, 0.2) is 5.96 Å². The topological polar surface area (TPSA) is 58.5 Å². The number of aromatic nitrogens is 1. The molecular formula is C21H29IN4OS. The van der Waals surface area contributed by atoms with Gasteiger partial charge in [-0.2, -0.15) is 0 Å². The number of thioether (sulfide) groups is 1. The van der Waals surface area contributed by atoms with Crippen molar-refractivity contribution in [3.63, 3.8) is 0 Å². The zero-order chi connectivity index (χ0) is 19.3. The summed E-state index contributed by atoms with van der Waals surface area (Å²) in [5.41, 5.74) is 3.09. The summed E-state index contributed by atoms with van der Waals surface area (Å²) in [5.74, 6) is 1.71. The van der Waals surface area contributed by atoms with Crippen LogP contribution in [0.15, 0.2) is 46.4 Å². The van der Waals surface area contributed by atoms with Gasteiger partial charge in [-0.05, 0) is 38.8 Å². The van der Waals surface area contributed by atoms with Crippen molar-refractivity contribution in [1.82, 2.24) is 15.6 Å². The predicted molar refractivity (Wildman–Crippen MR) is 128 cm³/mol. The van der Waals surface area contributed by atoms with Crippen molar-refractivity contribution in [3.8, 4) is 5.75 Å². The second-order valence-electron chi connectivity index (χ2n) is 6.92. The van der Waals surface area contributed by atoms with E-state index in [9.17, 15) is 0 Å². The second kappa shape index (κ2) is 10.3. The molecule has 0 bridgehead atoms. The van der Waals surface area contributed by atoms with Crippen LogP contribution < -0.4 is 15.4 Å². The van der Waals surface area contributed by atoms with E-state index in [1.807, 2.05) is 31.8 Å². The van der Waals surface area contributed by atoms with E-state index in [2.05, 4.69) is 50.9 Å². The number of halogens is 1. The number of benzene rings is 1. The fourth-order valence-corrected chi connectivity index (χ4v) is 4.32. The molecule has 0 unspecified atom stereocenters. The van der Waals surface area contributed by atoms with E-state index < -0.39 is 0 Å². The summed E-state index contributed by atoms with van der Waals surface area (Å²) in [6.45, 7) is 5.56. The molecule has 0 saturated heterocycles. The van der Waals surface area contributed by atoms with E-state index in [4.69, 9.17) is 4.74 Å². The molecule has 1 aromatic carbocycles. The molecule has 0 amide bonds. The van der Waals surface area contributed by atoms with E-state index in [1.165, 1.54) is 17.7 Å². The average Bonchev–Trinajstić information content (AvgIpc) is 3.44. The Kier molecular flexibility index (Phi) is 8.42. The van der Waals surface area contributed by atoms with Crippen LogP contribution in [0, 0.1) is 13.8 Å². The maximum Gasteiger partial charge on any atom is 0.191 e. The summed E-state index contributed by atoms with van der Waals surface area (Å²) in [5, 5.41) is 6.85. The van der Waals surface area contributed by atoms with Gasteiger partial charge >= 0.3 is 0 Å². The monoisotopic (exact) mass is 512 g/mol. The van der Waals surface area contributed by atoms with Crippen LogP contribution in [0.3, 0.4) is 0 Å². The lowest BCUT2D eigenvalue weighted by molar-refractivity contribution is 0.406. The molecule has 152 valence electrons. The third-order valence-corrected chi connectivity index (χ3v) is 6.35. The first-order chi connectivity index (χ1) is 13.1. The zero-order valence-electron chi connectivity index (χ0n) is 16.9. The van der Waals surface area contributed by atoms with Gasteiger partial charge in [0, 0.05) is 40.6 Å². The zero-order valence-corrected chi connectivity index (χ0v) is 20.1. The largest absolute Gasteiger partial charge is 0.496 e. The molecule has 1 saturated carbocycles. The average molecular weight is 512 g/mol. The quantitative estimate of drug-likeness (QED) is 0.329. The Morgan fingerprint density at radius 3 is 2.54 bits per heavy atom. The van der Waals surface area contributed by atoms with Gasteiger partial charge in [0.2, 0.25) is 0 Å². The van der Waals surface area contributed by atoms with Gasteiger partial charge in [0.05, 0.1) is 19.3 Å². The molecule has 3 rings (SSSR count). The molecule has 2 N–H and O–H groups in total. The first-order valence-electron chi connectivity index (χ1n) is 9.24. The van der Waals surface area contributed by atoms with Crippen molar-refractivity contribution < 1.29 is 4.74 Å². The van der Waals surface area contributed by atoms with Crippen LogP contribution in [-0.4, -0.2) is 36.4 Å². The fraction of sp³-hybridized carbons (Fsp3) is 0.429. The Hall–Kier alpha value is -1.48. The first-order valence-corrected chi connectivity index (χ1v) is 10.1. The minimum Gasteiger partial charge on any atom is -0.496 e. The standard InChI is InChI=1S/C21H28N4OS.HI/c1-15-12-23-18(16(2)19(15)26-4)13-24-20(22-3)25-14-21(10-11-21)27-17-8-6-5-7-9-17;/h5-9,12H,10-11,13-14H2,1-4H3,(H2,22,24,25);1H. The molecule has 1 aliphatic carbocycles. The highest BCUT2D eigenvalue weighted by molar-refractivity contribution is 14.0. The molecule has 0 atom stereocenters. The van der Waals surface area contributed by atoms with E-state index in [0.29, 0.717) is 6.54 Å². The Morgan fingerprint density at radius 2 is 1.93 bits per heavy atom. The van der Waals surface area contributed by atoms with Crippen molar-refractivity contribution in [3.05, 3.63) is 53.3 Å². The van der Waals surface area contributed by atoms with E-state index in [-0.39, 0.29) is 28.7 Å². The molecule has 0 aliphatic heterocycles. The normalized spacial score (nSPS) is 14.8. The van der Waals surface area contributed by atoms with Crippen LogP contribution in [0.5, 0.6) is 5.75 Å². The van der Waals surface area contributed by atoms with Crippen LogP contribution in [0.2, 0.25) is 0 Å². The lowest BCUT2D eigenvalue weighted by Crippen LogP contribution is -2.41. The fourth-order valence-electron chi connectivity index (χ4n) is 3.08. The molecule has 1 aliphatic rings. The number of ether oxygens (including phenoxy) is 1. The third kappa shape index (κ3) is 5.76. The molecule has 0 spiro atoms. The number of guanidine groups is 1. The Morgan fingerprint density at radius 1 is 1.21 bits per heavy atom. The number of aliphatic imine (C=N–C) groups is 1. The lowest BCUT2D eigenvalue weighted by atomic mass is 10.1. The number of pyridine rings is 1. The summed E-state index contributed by atoms with van der Waals surface area (Å²) >= 11 is 1.96. The van der Waals surface area contributed by atoms with Crippen LogP contribution in [0.1, 0.15) is 29.7 Å². The van der Waals surface area contributed by atoms with Gasteiger partial charge in [-0.1, -0.05) is 18.2 Å². The Balaban J connectivity index is 0.00000280. The van der Waals surface area contributed by atoms with Crippen LogP contribution in [-0.2, 0) is 6.54 Å². The molecule has 2 aromatic rings. The minimum absolute atomic E-state index is 0. The second-order valence-corrected chi connectivity index (χ2v) is 8.47. The van der Waals surface area contributed by atoms with E-state index in [1.54, 1.807) is 14.2 Å². The molecule has 28 heavy (non-hydrogen) atoms. The predicted octanol–water partition coefficient (Wildman–Crippen LogP) is 4.31. The number of aryl methyl sites for hydroxylation is 1. The van der Waals surface area contributed by atoms with Crippen LogP contribution in [0.25, 0.3) is 0 Å². The molecule has 1 heterocycles. The number of rotatable bonds is 7. The van der Waals surface area contributed by atoms with Crippen molar-refractivity contribution in [1.29, 1.82) is 0 Å². The summed E-state index contributed by atoms with van der Waals surface area (Å²) in [4.78, 5) is 10.2. The molecular weight excluding hydrogens is 483 g/mol. The highest BCUT2D eigenvalue weighted by atomic mass is 127. The van der Waals surface area contributed by atoms with Crippen molar-refractivity contribution >= 4 is 41.7 Å². The van der Waals surface area contributed by atoms with E-state index >= 15 is 0 Å². The summed E-state index contributed by atoms with van der Waals surface area (Å²) in [7, 11) is 3.50. The van der Waals surface area contributed by atoms with Crippen molar-refractivity contribution in [2.45, 2.75) is 42.9 Å². The van der Waals surface area contributed by atoms with Gasteiger partial charge < -0.3 is 15.4 Å². The molecule has 1 aromatic heterocycles. The first kappa shape index (κ1) is 22.8. The summed E-state index contributed by atoms with van der Waals surface area (Å²) < 4.78 is 5.77. The number of methoxy groups -OCH3 is 1. The van der Waals surface area contributed by atoms with Crippen LogP contribution >= 0.6 is 35.7 Å².